The zero-order valence-electron chi connectivity index (χ0n) is 15.8. The second-order valence-corrected chi connectivity index (χ2v) is 6.51. The van der Waals surface area contributed by atoms with Gasteiger partial charge in [0, 0.05) is 38.5 Å². The standard InChI is InChI=1S/C19H30N4O3/c1-3-20-19(22-13-15-7-8-21-18(12-15)24-4-2)23-9-11-26-17(14-23)16-6-5-10-25-16/h7-8,12,16-17H,3-6,9-11,13-14H2,1-2H3,(H,20,22). The lowest BCUT2D eigenvalue weighted by Gasteiger charge is -2.37. The van der Waals surface area contributed by atoms with Gasteiger partial charge >= 0.3 is 0 Å². The van der Waals surface area contributed by atoms with Crippen LogP contribution in [0.1, 0.15) is 32.3 Å². The van der Waals surface area contributed by atoms with E-state index in [1.807, 2.05) is 19.1 Å². The van der Waals surface area contributed by atoms with E-state index in [0.29, 0.717) is 25.6 Å². The van der Waals surface area contributed by atoms with Crippen LogP contribution in [0.3, 0.4) is 0 Å². The minimum absolute atomic E-state index is 0.126. The summed E-state index contributed by atoms with van der Waals surface area (Å²) in [6.07, 6.45) is 4.33. The van der Waals surface area contributed by atoms with Gasteiger partial charge in [0.15, 0.2) is 5.96 Å². The number of guanidine groups is 1. The van der Waals surface area contributed by atoms with Crippen molar-refractivity contribution in [2.75, 3.05) is 39.5 Å². The molecule has 144 valence electrons. The smallest absolute Gasteiger partial charge is 0.213 e. The van der Waals surface area contributed by atoms with Crippen LogP contribution in [-0.2, 0) is 16.0 Å². The molecule has 0 spiro atoms. The first-order valence-corrected chi connectivity index (χ1v) is 9.64. The van der Waals surface area contributed by atoms with Crippen molar-refractivity contribution in [1.82, 2.24) is 15.2 Å². The van der Waals surface area contributed by atoms with E-state index in [4.69, 9.17) is 19.2 Å². The summed E-state index contributed by atoms with van der Waals surface area (Å²) in [7, 11) is 0. The van der Waals surface area contributed by atoms with E-state index in [1.54, 1.807) is 6.20 Å². The Bertz CT molecular complexity index is 590. The predicted octanol–water partition coefficient (Wildman–Crippen LogP) is 1.83. The lowest BCUT2D eigenvalue weighted by Crippen LogP contribution is -2.53. The number of morpholine rings is 1. The number of pyridine rings is 1. The van der Waals surface area contributed by atoms with Crippen LogP contribution >= 0.6 is 0 Å². The fourth-order valence-corrected chi connectivity index (χ4v) is 3.36. The Morgan fingerprint density at radius 1 is 1.35 bits per heavy atom. The van der Waals surface area contributed by atoms with Crippen LogP contribution < -0.4 is 10.1 Å². The molecule has 7 nitrogen and oxygen atoms in total. The van der Waals surface area contributed by atoms with Gasteiger partial charge < -0.3 is 24.4 Å². The summed E-state index contributed by atoms with van der Waals surface area (Å²) in [5.41, 5.74) is 1.09. The van der Waals surface area contributed by atoms with Crippen LogP contribution in [0.25, 0.3) is 0 Å². The molecule has 0 amide bonds. The Morgan fingerprint density at radius 2 is 2.23 bits per heavy atom. The summed E-state index contributed by atoms with van der Waals surface area (Å²) in [4.78, 5) is 11.3. The molecule has 2 aliphatic heterocycles. The monoisotopic (exact) mass is 362 g/mol. The molecule has 1 N–H and O–H groups in total. The van der Waals surface area contributed by atoms with Gasteiger partial charge in [0.05, 0.1) is 25.9 Å². The second-order valence-electron chi connectivity index (χ2n) is 6.51. The highest BCUT2D eigenvalue weighted by molar-refractivity contribution is 5.80. The maximum atomic E-state index is 5.95. The summed E-state index contributed by atoms with van der Waals surface area (Å²) in [6.45, 7) is 9.30. The number of nitrogens with one attached hydrogen (secondary N) is 1. The zero-order valence-corrected chi connectivity index (χ0v) is 15.8. The van der Waals surface area contributed by atoms with E-state index in [-0.39, 0.29) is 12.2 Å². The van der Waals surface area contributed by atoms with Crippen LogP contribution in [0.4, 0.5) is 0 Å². The zero-order chi connectivity index (χ0) is 18.2. The van der Waals surface area contributed by atoms with Crippen LogP contribution in [0.15, 0.2) is 23.3 Å². The number of hydrogen-bond donors (Lipinski definition) is 1. The van der Waals surface area contributed by atoms with Crippen molar-refractivity contribution < 1.29 is 14.2 Å². The molecule has 0 bridgehead atoms. The van der Waals surface area contributed by atoms with E-state index in [0.717, 1.165) is 50.6 Å². The fraction of sp³-hybridized carbons (Fsp3) is 0.684. The molecular formula is C19H30N4O3. The van der Waals surface area contributed by atoms with Gasteiger partial charge in [-0.05, 0) is 38.3 Å². The molecule has 0 radical (unpaired) electrons. The van der Waals surface area contributed by atoms with Crippen molar-refractivity contribution in [3.8, 4) is 5.88 Å². The molecular weight excluding hydrogens is 332 g/mol. The predicted molar refractivity (Wildman–Crippen MR) is 101 cm³/mol. The Morgan fingerprint density at radius 3 is 3.00 bits per heavy atom. The van der Waals surface area contributed by atoms with Crippen molar-refractivity contribution in [3.63, 3.8) is 0 Å². The first-order chi connectivity index (χ1) is 12.8. The van der Waals surface area contributed by atoms with Gasteiger partial charge in [-0.25, -0.2) is 9.98 Å². The minimum Gasteiger partial charge on any atom is -0.478 e. The average molecular weight is 362 g/mol. The highest BCUT2D eigenvalue weighted by atomic mass is 16.5. The van der Waals surface area contributed by atoms with Crippen LogP contribution in [0.2, 0.25) is 0 Å². The maximum Gasteiger partial charge on any atom is 0.213 e. The lowest BCUT2D eigenvalue weighted by molar-refractivity contribution is -0.0817. The largest absolute Gasteiger partial charge is 0.478 e. The third-order valence-electron chi connectivity index (χ3n) is 4.61. The third kappa shape index (κ3) is 5.08. The van der Waals surface area contributed by atoms with Crippen molar-refractivity contribution >= 4 is 5.96 Å². The highest BCUT2D eigenvalue weighted by Crippen LogP contribution is 2.21. The third-order valence-corrected chi connectivity index (χ3v) is 4.61. The summed E-state index contributed by atoms with van der Waals surface area (Å²) < 4.78 is 17.2. The first kappa shape index (κ1) is 18.9. The van der Waals surface area contributed by atoms with Gasteiger partial charge in [-0.15, -0.1) is 0 Å². The van der Waals surface area contributed by atoms with E-state index < -0.39 is 0 Å². The highest BCUT2D eigenvalue weighted by Gasteiger charge is 2.32. The normalized spacial score (nSPS) is 23.9. The molecule has 3 heterocycles. The lowest BCUT2D eigenvalue weighted by atomic mass is 10.1. The molecule has 1 aromatic heterocycles. The van der Waals surface area contributed by atoms with Crippen LogP contribution in [0.5, 0.6) is 5.88 Å². The number of aliphatic imine (C=N–C) groups is 1. The van der Waals surface area contributed by atoms with Crippen molar-refractivity contribution in [2.24, 2.45) is 4.99 Å². The Kier molecular flexibility index (Phi) is 7.08. The number of rotatable bonds is 6. The summed E-state index contributed by atoms with van der Waals surface area (Å²) in [6, 6.07) is 3.93. The SMILES string of the molecule is CCNC(=NCc1ccnc(OCC)c1)N1CCOC(C2CCCO2)C1. The summed E-state index contributed by atoms with van der Waals surface area (Å²) in [5.74, 6) is 1.57. The minimum atomic E-state index is 0.126. The van der Waals surface area contributed by atoms with E-state index in [9.17, 15) is 0 Å². The summed E-state index contributed by atoms with van der Waals surface area (Å²) >= 11 is 0. The number of aromatic nitrogens is 1. The molecule has 2 unspecified atom stereocenters. The molecule has 7 heteroatoms. The van der Waals surface area contributed by atoms with Gasteiger partial charge in [-0.1, -0.05) is 0 Å². The molecule has 0 aliphatic carbocycles. The van der Waals surface area contributed by atoms with Gasteiger partial charge in [0.2, 0.25) is 5.88 Å². The van der Waals surface area contributed by atoms with Crippen LogP contribution in [-0.4, -0.2) is 67.5 Å². The fourth-order valence-electron chi connectivity index (χ4n) is 3.36. The first-order valence-electron chi connectivity index (χ1n) is 9.64. The Labute approximate surface area is 155 Å². The molecule has 2 fully saturated rings. The van der Waals surface area contributed by atoms with Crippen molar-refractivity contribution in [2.45, 2.75) is 45.4 Å². The Hall–Kier alpha value is -1.86. The van der Waals surface area contributed by atoms with E-state index in [1.165, 1.54) is 0 Å². The molecule has 0 saturated carbocycles. The Balaban J connectivity index is 1.65. The van der Waals surface area contributed by atoms with Gasteiger partial charge in [-0.3, -0.25) is 0 Å². The quantitative estimate of drug-likeness (QED) is 0.615. The molecule has 0 aromatic carbocycles. The molecule has 1 aromatic rings. The number of nitrogens with zero attached hydrogens (tertiary/aromatic N) is 3. The average Bonchev–Trinajstić information content (AvgIpc) is 3.21. The maximum absolute atomic E-state index is 5.95. The van der Waals surface area contributed by atoms with Crippen molar-refractivity contribution in [3.05, 3.63) is 23.9 Å². The molecule has 2 saturated heterocycles. The summed E-state index contributed by atoms with van der Waals surface area (Å²) in [5, 5.41) is 3.41. The second kappa shape index (κ2) is 9.73. The number of ether oxygens (including phenoxy) is 3. The van der Waals surface area contributed by atoms with Gasteiger partial charge in [0.25, 0.3) is 0 Å². The molecule has 2 atom stereocenters. The van der Waals surface area contributed by atoms with Gasteiger partial charge in [-0.2, -0.15) is 0 Å². The van der Waals surface area contributed by atoms with Crippen molar-refractivity contribution in [1.29, 1.82) is 0 Å². The van der Waals surface area contributed by atoms with E-state index in [2.05, 4.69) is 22.1 Å². The van der Waals surface area contributed by atoms with Crippen LogP contribution in [0, 0.1) is 0 Å². The number of hydrogen-bond acceptors (Lipinski definition) is 5. The van der Waals surface area contributed by atoms with E-state index >= 15 is 0 Å². The topological polar surface area (TPSA) is 68.2 Å². The molecule has 26 heavy (non-hydrogen) atoms. The molecule has 3 rings (SSSR count). The van der Waals surface area contributed by atoms with Gasteiger partial charge in [0.1, 0.15) is 6.10 Å². The molecule has 2 aliphatic rings.